The second kappa shape index (κ2) is 2.62. The third kappa shape index (κ3) is 2.05. The summed E-state index contributed by atoms with van der Waals surface area (Å²) < 4.78 is 13.0. The van der Waals surface area contributed by atoms with Gasteiger partial charge in [0.1, 0.15) is 0 Å². The molecular formula is C10H16F. The Hall–Kier alpha value is -0.330. The molecular weight excluding hydrogens is 139 g/mol. The Balaban J connectivity index is 2.49. The molecule has 1 fully saturated rings. The summed E-state index contributed by atoms with van der Waals surface area (Å²) in [5.74, 6) is 0.432. The Morgan fingerprint density at radius 1 is 1.55 bits per heavy atom. The molecule has 1 heteroatoms. The van der Waals surface area contributed by atoms with Gasteiger partial charge in [-0.1, -0.05) is 27.7 Å². The van der Waals surface area contributed by atoms with E-state index in [9.17, 15) is 4.39 Å². The Kier molecular flexibility index (Phi) is 2.08. The highest BCUT2D eigenvalue weighted by molar-refractivity contribution is 5.23. The number of hydrogen-bond acceptors (Lipinski definition) is 0. The fraction of sp³-hybridized carbons (Fsp3) is 0.700. The molecule has 0 aromatic carbocycles. The van der Waals surface area contributed by atoms with Crippen molar-refractivity contribution < 1.29 is 4.39 Å². The van der Waals surface area contributed by atoms with Crippen LogP contribution >= 0.6 is 0 Å². The molecule has 0 aromatic rings. The first-order chi connectivity index (χ1) is 4.93. The lowest BCUT2D eigenvalue weighted by Gasteiger charge is -2.01. The fourth-order valence-corrected chi connectivity index (χ4v) is 1.04. The van der Waals surface area contributed by atoms with Gasteiger partial charge in [0.25, 0.3) is 0 Å². The maximum absolute atomic E-state index is 13.0. The Morgan fingerprint density at radius 2 is 2.00 bits per heavy atom. The van der Waals surface area contributed by atoms with Gasteiger partial charge < -0.3 is 0 Å². The number of halogens is 1. The second-order valence-corrected chi connectivity index (χ2v) is 4.22. The molecule has 1 rings (SSSR count). The van der Waals surface area contributed by atoms with Crippen LogP contribution in [0.15, 0.2) is 11.9 Å². The molecule has 0 spiro atoms. The lowest BCUT2D eigenvalue weighted by atomic mass is 10.1. The topological polar surface area (TPSA) is 0 Å². The van der Waals surface area contributed by atoms with Crippen LogP contribution in [0, 0.1) is 23.7 Å². The van der Waals surface area contributed by atoms with Crippen molar-refractivity contribution in [3.05, 3.63) is 18.3 Å². The summed E-state index contributed by atoms with van der Waals surface area (Å²) in [4.78, 5) is 0. The van der Waals surface area contributed by atoms with Crippen LogP contribution in [0.25, 0.3) is 0 Å². The predicted octanol–water partition coefficient (Wildman–Crippen LogP) is 3.36. The molecule has 0 aliphatic heterocycles. The van der Waals surface area contributed by atoms with Gasteiger partial charge in [0.05, 0.1) is 5.83 Å². The molecule has 1 aliphatic carbocycles. The van der Waals surface area contributed by atoms with Crippen molar-refractivity contribution >= 4 is 0 Å². The molecule has 1 radical (unpaired) electrons. The number of rotatable bonds is 2. The van der Waals surface area contributed by atoms with Gasteiger partial charge in [-0.3, -0.25) is 0 Å². The van der Waals surface area contributed by atoms with Crippen molar-refractivity contribution in [3.8, 4) is 0 Å². The highest BCUT2D eigenvalue weighted by Gasteiger charge is 2.44. The molecule has 63 valence electrons. The molecule has 0 bridgehead atoms. The van der Waals surface area contributed by atoms with Crippen LogP contribution in [0.2, 0.25) is 0 Å². The third-order valence-corrected chi connectivity index (χ3v) is 2.25. The van der Waals surface area contributed by atoms with E-state index >= 15 is 0 Å². The van der Waals surface area contributed by atoms with Crippen molar-refractivity contribution in [1.29, 1.82) is 0 Å². The summed E-state index contributed by atoms with van der Waals surface area (Å²) in [6, 6.07) is 0. The van der Waals surface area contributed by atoms with Gasteiger partial charge in [0.2, 0.25) is 0 Å². The van der Waals surface area contributed by atoms with E-state index in [1.54, 1.807) is 6.08 Å². The molecule has 0 amide bonds. The molecule has 0 N–H and O–H groups in total. The average Bonchev–Trinajstić information content (AvgIpc) is 2.39. The maximum Gasteiger partial charge on any atom is 0.0988 e. The van der Waals surface area contributed by atoms with E-state index in [4.69, 9.17) is 0 Å². The summed E-state index contributed by atoms with van der Waals surface area (Å²) in [7, 11) is 0. The molecule has 1 saturated carbocycles. The normalized spacial score (nSPS) is 29.3. The predicted molar refractivity (Wildman–Crippen MR) is 45.6 cm³/mol. The van der Waals surface area contributed by atoms with E-state index in [1.165, 1.54) is 0 Å². The maximum atomic E-state index is 13.0. The standard InChI is InChI=1S/C10H16F/c1-7(2)9(11)5-8-6-10(8,3)4/h5-8H,1-4H3. The van der Waals surface area contributed by atoms with Crippen LogP contribution in [-0.2, 0) is 0 Å². The van der Waals surface area contributed by atoms with E-state index in [0.717, 1.165) is 0 Å². The second-order valence-electron chi connectivity index (χ2n) is 4.22. The lowest BCUT2D eigenvalue weighted by molar-refractivity contribution is 0.505. The van der Waals surface area contributed by atoms with E-state index in [1.807, 2.05) is 13.8 Å². The van der Waals surface area contributed by atoms with Crippen LogP contribution in [0.3, 0.4) is 0 Å². The number of hydrogen-bond donors (Lipinski definition) is 0. The molecule has 0 nitrogen and oxygen atoms in total. The lowest BCUT2D eigenvalue weighted by Crippen LogP contribution is -1.91. The van der Waals surface area contributed by atoms with Crippen LogP contribution in [0.1, 0.15) is 27.7 Å². The zero-order valence-corrected chi connectivity index (χ0v) is 7.69. The van der Waals surface area contributed by atoms with E-state index < -0.39 is 0 Å². The largest absolute Gasteiger partial charge is 0.212 e. The van der Waals surface area contributed by atoms with E-state index in [-0.39, 0.29) is 17.2 Å². The van der Waals surface area contributed by atoms with Crippen LogP contribution < -0.4 is 0 Å². The highest BCUT2D eigenvalue weighted by atomic mass is 19.1. The van der Waals surface area contributed by atoms with Crippen LogP contribution in [0.4, 0.5) is 4.39 Å². The van der Waals surface area contributed by atoms with Crippen LogP contribution in [-0.4, -0.2) is 0 Å². The van der Waals surface area contributed by atoms with Gasteiger partial charge in [-0.25, -0.2) is 4.39 Å². The minimum Gasteiger partial charge on any atom is -0.212 e. The minimum atomic E-state index is 0.0248. The van der Waals surface area contributed by atoms with Crippen molar-refractivity contribution in [1.82, 2.24) is 0 Å². The highest BCUT2D eigenvalue weighted by Crippen LogP contribution is 2.51. The molecule has 11 heavy (non-hydrogen) atoms. The van der Waals surface area contributed by atoms with Gasteiger partial charge in [-0.2, -0.15) is 0 Å². The van der Waals surface area contributed by atoms with Gasteiger partial charge >= 0.3 is 0 Å². The zero-order valence-electron chi connectivity index (χ0n) is 7.69. The average molecular weight is 155 g/mol. The van der Waals surface area contributed by atoms with Crippen LogP contribution in [0.5, 0.6) is 0 Å². The first-order valence-electron chi connectivity index (χ1n) is 4.17. The first kappa shape index (κ1) is 8.76. The van der Waals surface area contributed by atoms with Gasteiger partial charge in [0.15, 0.2) is 0 Å². The number of allylic oxidation sites excluding steroid dienone is 2. The Morgan fingerprint density at radius 3 is 2.27 bits per heavy atom. The summed E-state index contributed by atoms with van der Waals surface area (Å²) in [5, 5.41) is 0. The quantitative estimate of drug-likeness (QED) is 0.573. The summed E-state index contributed by atoms with van der Waals surface area (Å²) >= 11 is 0. The third-order valence-electron chi connectivity index (χ3n) is 2.25. The molecule has 1 unspecified atom stereocenters. The summed E-state index contributed by atoms with van der Waals surface area (Å²) in [6.07, 6.45) is 3.90. The smallest absolute Gasteiger partial charge is 0.0988 e. The Labute approximate surface area is 68.5 Å². The van der Waals surface area contributed by atoms with Crippen molar-refractivity contribution in [3.63, 3.8) is 0 Å². The van der Waals surface area contributed by atoms with Crippen molar-refractivity contribution in [2.45, 2.75) is 27.7 Å². The zero-order chi connectivity index (χ0) is 8.65. The molecule has 0 heterocycles. The van der Waals surface area contributed by atoms with Gasteiger partial charge in [-0.15, -0.1) is 0 Å². The van der Waals surface area contributed by atoms with Gasteiger partial charge in [-0.05, 0) is 23.8 Å². The summed E-state index contributed by atoms with van der Waals surface area (Å²) in [5.41, 5.74) is 0.242. The molecule has 0 aromatic heterocycles. The van der Waals surface area contributed by atoms with E-state index in [2.05, 4.69) is 20.3 Å². The molecule has 1 aliphatic rings. The fourth-order valence-electron chi connectivity index (χ4n) is 1.04. The monoisotopic (exact) mass is 155 g/mol. The minimum absolute atomic E-state index is 0.0248. The van der Waals surface area contributed by atoms with Gasteiger partial charge in [0, 0.05) is 5.92 Å². The summed E-state index contributed by atoms with van der Waals surface area (Å²) in [6.45, 7) is 8.01. The SMILES string of the molecule is CC(C)C(F)=CC1[CH]C1(C)C. The molecule has 0 saturated heterocycles. The first-order valence-corrected chi connectivity index (χ1v) is 4.17. The van der Waals surface area contributed by atoms with Crippen molar-refractivity contribution in [2.75, 3.05) is 0 Å². The van der Waals surface area contributed by atoms with E-state index in [0.29, 0.717) is 5.92 Å². The van der Waals surface area contributed by atoms with Crippen molar-refractivity contribution in [2.24, 2.45) is 17.3 Å². The molecule has 1 atom stereocenters. The Bertz CT molecular complexity index is 177.